The molecular formula is C25H24N2O2. The second kappa shape index (κ2) is 8.31. The highest BCUT2D eigenvalue weighted by atomic mass is 16.5. The van der Waals surface area contributed by atoms with Gasteiger partial charge in [0.05, 0.1) is 23.6 Å². The number of hydrogen-bond donors (Lipinski definition) is 0. The predicted octanol–water partition coefficient (Wildman–Crippen LogP) is 5.82. The van der Waals surface area contributed by atoms with Gasteiger partial charge in [-0.15, -0.1) is 0 Å². The average Bonchev–Trinajstić information content (AvgIpc) is 3.04. The topological polar surface area (TPSA) is 41.9 Å². The summed E-state index contributed by atoms with van der Waals surface area (Å²) < 4.78 is 6.07. The zero-order valence-electron chi connectivity index (χ0n) is 16.8. The zero-order chi connectivity index (χ0) is 20.2. The quantitative estimate of drug-likeness (QED) is 0.397. The van der Waals surface area contributed by atoms with E-state index in [1.807, 2.05) is 61.5 Å². The number of unbranched alkanes of at least 4 members (excludes halogenated alkanes) is 1. The maximum Gasteiger partial charge on any atom is 0.280 e. The summed E-state index contributed by atoms with van der Waals surface area (Å²) in [5, 5.41) is 8.13. The van der Waals surface area contributed by atoms with E-state index in [0.29, 0.717) is 17.9 Å². The van der Waals surface area contributed by atoms with Gasteiger partial charge in [-0.05, 0) is 48.4 Å². The monoisotopic (exact) mass is 384 g/mol. The predicted molar refractivity (Wildman–Crippen MR) is 119 cm³/mol. The summed E-state index contributed by atoms with van der Waals surface area (Å²) in [7, 11) is 0. The maximum atomic E-state index is 13.1. The average molecular weight is 384 g/mol. The SMILES string of the molecule is CCCCOc1ccc2ccccc2c1C=C1C(=O)N(c2ccccc2)N=C1C. The van der Waals surface area contributed by atoms with Crippen molar-refractivity contribution in [2.24, 2.45) is 5.10 Å². The summed E-state index contributed by atoms with van der Waals surface area (Å²) in [5.74, 6) is 0.671. The zero-order valence-corrected chi connectivity index (χ0v) is 16.8. The molecule has 0 atom stereocenters. The van der Waals surface area contributed by atoms with E-state index in [4.69, 9.17) is 4.74 Å². The molecule has 1 heterocycles. The molecule has 0 unspecified atom stereocenters. The highest BCUT2D eigenvalue weighted by Crippen LogP contribution is 2.33. The van der Waals surface area contributed by atoms with Gasteiger partial charge in [-0.25, -0.2) is 0 Å². The second-order valence-electron chi connectivity index (χ2n) is 7.10. The number of rotatable bonds is 6. The summed E-state index contributed by atoms with van der Waals surface area (Å²) in [4.78, 5) is 13.1. The number of hydrazone groups is 1. The van der Waals surface area contributed by atoms with Crippen LogP contribution < -0.4 is 9.75 Å². The van der Waals surface area contributed by atoms with Crippen molar-refractivity contribution in [2.45, 2.75) is 26.7 Å². The number of nitrogens with zero attached hydrogens (tertiary/aromatic N) is 2. The maximum absolute atomic E-state index is 13.1. The molecule has 0 radical (unpaired) electrons. The van der Waals surface area contributed by atoms with Gasteiger partial charge in [0.15, 0.2) is 0 Å². The molecule has 1 aliphatic rings. The van der Waals surface area contributed by atoms with E-state index in [1.54, 1.807) is 0 Å². The Morgan fingerprint density at radius 1 is 1.00 bits per heavy atom. The molecule has 0 aromatic heterocycles. The fraction of sp³-hybridized carbons (Fsp3) is 0.200. The van der Waals surface area contributed by atoms with Crippen LogP contribution in [0.4, 0.5) is 5.69 Å². The minimum Gasteiger partial charge on any atom is -0.493 e. The Morgan fingerprint density at radius 2 is 1.76 bits per heavy atom. The largest absolute Gasteiger partial charge is 0.493 e. The number of ether oxygens (including phenoxy) is 1. The number of carbonyl (C=O) groups is 1. The lowest BCUT2D eigenvalue weighted by Crippen LogP contribution is -2.21. The number of amides is 1. The van der Waals surface area contributed by atoms with E-state index in [9.17, 15) is 4.79 Å². The fourth-order valence-electron chi connectivity index (χ4n) is 3.45. The number of hydrogen-bond acceptors (Lipinski definition) is 3. The number of benzene rings is 3. The van der Waals surface area contributed by atoms with Gasteiger partial charge in [0.2, 0.25) is 0 Å². The van der Waals surface area contributed by atoms with Crippen LogP contribution in [0.3, 0.4) is 0 Å². The van der Waals surface area contributed by atoms with Gasteiger partial charge in [-0.1, -0.05) is 61.9 Å². The Hall–Kier alpha value is -3.40. The molecule has 3 aromatic carbocycles. The summed E-state index contributed by atoms with van der Waals surface area (Å²) in [6.07, 6.45) is 3.98. The van der Waals surface area contributed by atoms with E-state index in [2.05, 4.69) is 30.2 Å². The third-order valence-electron chi connectivity index (χ3n) is 5.04. The minimum atomic E-state index is -0.124. The van der Waals surface area contributed by atoms with Crippen molar-refractivity contribution in [2.75, 3.05) is 11.6 Å². The van der Waals surface area contributed by atoms with Gasteiger partial charge in [-0.3, -0.25) is 4.79 Å². The van der Waals surface area contributed by atoms with E-state index in [0.717, 1.165) is 40.6 Å². The lowest BCUT2D eigenvalue weighted by molar-refractivity contribution is -0.114. The number of fused-ring (bicyclic) bond motifs is 1. The Morgan fingerprint density at radius 3 is 2.55 bits per heavy atom. The highest BCUT2D eigenvalue weighted by Gasteiger charge is 2.29. The molecule has 4 heteroatoms. The smallest absolute Gasteiger partial charge is 0.280 e. The first-order valence-corrected chi connectivity index (χ1v) is 10.0. The molecule has 0 saturated heterocycles. The molecule has 0 saturated carbocycles. The molecule has 29 heavy (non-hydrogen) atoms. The van der Waals surface area contributed by atoms with Crippen LogP contribution in [0, 0.1) is 0 Å². The molecular weight excluding hydrogens is 360 g/mol. The number of anilines is 1. The summed E-state index contributed by atoms with van der Waals surface area (Å²) in [6, 6.07) is 21.7. The lowest BCUT2D eigenvalue weighted by Gasteiger charge is -2.13. The Balaban J connectivity index is 1.78. The minimum absolute atomic E-state index is 0.124. The van der Waals surface area contributed by atoms with Crippen molar-refractivity contribution < 1.29 is 9.53 Å². The summed E-state index contributed by atoms with van der Waals surface area (Å²) in [5.41, 5.74) is 2.97. The Labute approximate surface area is 171 Å². The van der Waals surface area contributed by atoms with Crippen LogP contribution in [0.25, 0.3) is 16.8 Å². The van der Waals surface area contributed by atoms with Crippen molar-refractivity contribution in [1.29, 1.82) is 0 Å². The molecule has 1 aliphatic heterocycles. The van der Waals surface area contributed by atoms with Crippen molar-refractivity contribution in [3.63, 3.8) is 0 Å². The van der Waals surface area contributed by atoms with Crippen LogP contribution in [-0.4, -0.2) is 18.2 Å². The third kappa shape index (κ3) is 3.79. The van der Waals surface area contributed by atoms with Crippen molar-refractivity contribution in [3.05, 3.63) is 77.9 Å². The van der Waals surface area contributed by atoms with Gasteiger partial charge in [0.25, 0.3) is 5.91 Å². The van der Waals surface area contributed by atoms with Gasteiger partial charge in [-0.2, -0.15) is 10.1 Å². The van der Waals surface area contributed by atoms with Crippen LogP contribution in [0.5, 0.6) is 5.75 Å². The first kappa shape index (κ1) is 18.9. The molecule has 0 N–H and O–H groups in total. The Bertz CT molecular complexity index is 1100. The van der Waals surface area contributed by atoms with E-state index < -0.39 is 0 Å². The van der Waals surface area contributed by atoms with E-state index >= 15 is 0 Å². The standard InChI is InChI=1S/C25H24N2O2/c1-3-4-16-29-24-15-14-19-10-8-9-13-21(19)23(24)17-22-18(2)26-27(25(22)28)20-11-6-5-7-12-20/h5-15,17H,3-4,16H2,1-2H3. The van der Waals surface area contributed by atoms with E-state index in [1.165, 1.54) is 5.01 Å². The molecule has 0 spiro atoms. The van der Waals surface area contributed by atoms with Gasteiger partial charge >= 0.3 is 0 Å². The molecule has 0 fully saturated rings. The number of carbonyl (C=O) groups excluding carboxylic acids is 1. The molecule has 1 amide bonds. The first-order valence-electron chi connectivity index (χ1n) is 10.0. The normalized spacial score (nSPS) is 15.2. The van der Waals surface area contributed by atoms with Crippen LogP contribution in [-0.2, 0) is 4.79 Å². The Kier molecular flexibility index (Phi) is 5.43. The molecule has 4 nitrogen and oxygen atoms in total. The molecule has 0 bridgehead atoms. The van der Waals surface area contributed by atoms with Crippen molar-refractivity contribution in [3.8, 4) is 5.75 Å². The molecule has 3 aromatic rings. The molecule has 146 valence electrons. The number of para-hydroxylation sites is 1. The van der Waals surface area contributed by atoms with Crippen LogP contribution in [0.2, 0.25) is 0 Å². The highest BCUT2D eigenvalue weighted by molar-refractivity contribution is 6.32. The van der Waals surface area contributed by atoms with Crippen molar-refractivity contribution in [1.82, 2.24) is 0 Å². The molecule has 4 rings (SSSR count). The third-order valence-corrected chi connectivity index (χ3v) is 5.04. The second-order valence-corrected chi connectivity index (χ2v) is 7.10. The van der Waals surface area contributed by atoms with Crippen molar-refractivity contribution >= 4 is 34.2 Å². The van der Waals surface area contributed by atoms with Crippen LogP contribution in [0.1, 0.15) is 32.3 Å². The van der Waals surface area contributed by atoms with E-state index in [-0.39, 0.29) is 5.91 Å². The van der Waals surface area contributed by atoms with Crippen LogP contribution in [0.15, 0.2) is 77.4 Å². The summed E-state index contributed by atoms with van der Waals surface area (Å²) >= 11 is 0. The van der Waals surface area contributed by atoms with Gasteiger partial charge in [0.1, 0.15) is 5.75 Å². The fourth-order valence-corrected chi connectivity index (χ4v) is 3.45. The van der Waals surface area contributed by atoms with Gasteiger partial charge < -0.3 is 4.74 Å². The van der Waals surface area contributed by atoms with Gasteiger partial charge in [0, 0.05) is 5.56 Å². The molecule has 0 aliphatic carbocycles. The van der Waals surface area contributed by atoms with Crippen LogP contribution >= 0.6 is 0 Å². The summed E-state index contributed by atoms with van der Waals surface area (Å²) in [6.45, 7) is 4.67. The first-order chi connectivity index (χ1) is 14.2. The lowest BCUT2D eigenvalue weighted by atomic mass is 9.99.